The summed E-state index contributed by atoms with van der Waals surface area (Å²) >= 11 is 1.16. The minimum atomic E-state index is -0.187. The van der Waals surface area contributed by atoms with Crippen molar-refractivity contribution in [3.8, 4) is 0 Å². The molecule has 0 aromatic heterocycles. The van der Waals surface area contributed by atoms with Gasteiger partial charge in [0.25, 0.3) is 0 Å². The number of hydrogen-bond donors (Lipinski definition) is 0. The first kappa shape index (κ1) is 32.2. The summed E-state index contributed by atoms with van der Waals surface area (Å²) in [5.41, 5.74) is 0. The number of rotatable bonds is 4. The second-order valence-corrected chi connectivity index (χ2v) is 5.84. The Morgan fingerprint density at radius 2 is 0.846 bits per heavy atom. The Morgan fingerprint density at radius 1 is 0.692 bits per heavy atom. The van der Waals surface area contributed by atoms with E-state index in [-0.39, 0.29) is 34.6 Å². The van der Waals surface area contributed by atoms with Crippen molar-refractivity contribution in [2.75, 3.05) is 0 Å². The maximum atomic E-state index is 9.98. The van der Waals surface area contributed by atoms with Gasteiger partial charge in [-0.05, 0) is 39.0 Å². The molecule has 0 aliphatic carbocycles. The van der Waals surface area contributed by atoms with E-state index in [1.807, 2.05) is 13.8 Å². The Kier molecular flexibility index (Phi) is 26.6. The number of carbonyl (C=O) groups is 3. The van der Waals surface area contributed by atoms with Gasteiger partial charge in [-0.25, -0.2) is 0 Å². The summed E-state index contributed by atoms with van der Waals surface area (Å²) < 4.78 is 4.84. The molecule has 26 heavy (non-hydrogen) atoms. The van der Waals surface area contributed by atoms with Gasteiger partial charge in [0.1, 0.15) is 0 Å². The monoisotopic (exact) mass is 446 g/mol. The summed E-state index contributed by atoms with van der Waals surface area (Å²) in [6, 6.07) is 0. The van der Waals surface area contributed by atoms with Gasteiger partial charge in [-0.1, -0.05) is 20.8 Å². The Hall–Kier alpha value is -1.53. The molecular weight excluding hydrogens is 419 g/mol. The summed E-state index contributed by atoms with van der Waals surface area (Å²) in [6.45, 7) is 12.1. The summed E-state index contributed by atoms with van der Waals surface area (Å²) in [7, 11) is 0. The average molecular weight is 448 g/mol. The Labute approximate surface area is 171 Å². The number of hydrogen-bond acceptors (Lipinski definition) is 7. The molecule has 0 bridgehead atoms. The standard InChI is InChI=1S/3C5H8O2.C3H7O.Zr/c3*1-4(6)3-5(2)7;1-3(2)4;/h3*3,6H,1-2H3;3H,1-2H3;/q;;;-1;+4/p-3/b3*4-3-;;. The second-order valence-electron chi connectivity index (χ2n) is 5.26. The van der Waals surface area contributed by atoms with Crippen LogP contribution in [0, 0.1) is 0 Å². The van der Waals surface area contributed by atoms with Gasteiger partial charge in [-0.15, -0.1) is 17.3 Å². The van der Waals surface area contributed by atoms with E-state index in [1.165, 1.54) is 41.5 Å². The summed E-state index contributed by atoms with van der Waals surface area (Å²) in [4.78, 5) is 29.9. The van der Waals surface area contributed by atoms with Crippen molar-refractivity contribution in [2.24, 2.45) is 0 Å². The molecule has 0 radical (unpaired) electrons. The van der Waals surface area contributed by atoms with Gasteiger partial charge in [-0.2, -0.15) is 0 Å². The van der Waals surface area contributed by atoms with Crippen molar-refractivity contribution in [1.82, 2.24) is 0 Å². The molecule has 0 rings (SSSR count). The molecule has 0 aromatic carbocycles. The van der Waals surface area contributed by atoms with Gasteiger partial charge in [0.05, 0.1) is 0 Å². The van der Waals surface area contributed by atoms with Crippen LogP contribution in [0.3, 0.4) is 0 Å². The molecule has 8 heteroatoms. The van der Waals surface area contributed by atoms with Crippen LogP contribution in [0.1, 0.15) is 55.4 Å². The Balaban J connectivity index is -0.000000125. The van der Waals surface area contributed by atoms with Crippen molar-refractivity contribution in [2.45, 2.75) is 61.5 Å². The van der Waals surface area contributed by atoms with Crippen molar-refractivity contribution >= 4 is 17.3 Å². The zero-order valence-corrected chi connectivity index (χ0v) is 19.1. The summed E-state index contributed by atoms with van der Waals surface area (Å²) in [5, 5.41) is 29.9. The van der Waals surface area contributed by atoms with E-state index in [4.69, 9.17) is 2.81 Å². The molecule has 0 saturated heterocycles. The predicted molar refractivity (Wildman–Crippen MR) is 89.5 cm³/mol. The normalized spacial score (nSPS) is 11.1. The Morgan fingerprint density at radius 3 is 0.846 bits per heavy atom. The molecule has 0 aromatic rings. The topological polar surface area (TPSA) is 130 Å². The molecule has 0 unspecified atom stereocenters. The first-order valence-electron chi connectivity index (χ1n) is 7.55. The van der Waals surface area contributed by atoms with Crippen molar-refractivity contribution in [1.29, 1.82) is 0 Å². The SMILES string of the molecule is CC(=O)/C=C(/C)[O-].CC(=O)/C=C(/C)[O-].CC(=O)/C=C(/C)[O-].CC(C)[O][Zr+3]. The third-order valence-corrected chi connectivity index (χ3v) is 2.61. The van der Waals surface area contributed by atoms with Gasteiger partial charge in [0, 0.05) is 0 Å². The molecule has 7 nitrogen and oxygen atoms in total. The van der Waals surface area contributed by atoms with Crippen molar-refractivity contribution in [3.63, 3.8) is 0 Å². The van der Waals surface area contributed by atoms with E-state index >= 15 is 0 Å². The molecule has 0 spiro atoms. The van der Waals surface area contributed by atoms with Gasteiger partial charge >= 0.3 is 47.9 Å². The fraction of sp³-hybridized carbons (Fsp3) is 0.500. The van der Waals surface area contributed by atoms with Gasteiger partial charge in [0.2, 0.25) is 0 Å². The molecule has 0 fully saturated rings. The molecule has 0 heterocycles. The van der Waals surface area contributed by atoms with Crippen LogP contribution < -0.4 is 15.3 Å². The molecule has 146 valence electrons. The molecule has 0 atom stereocenters. The van der Waals surface area contributed by atoms with Gasteiger partial charge in [0.15, 0.2) is 17.3 Å². The predicted octanol–water partition coefficient (Wildman–Crippen LogP) is 0.392. The fourth-order valence-electron chi connectivity index (χ4n) is 0.859. The van der Waals surface area contributed by atoms with Crippen molar-refractivity contribution in [3.05, 3.63) is 35.5 Å². The van der Waals surface area contributed by atoms with E-state index in [2.05, 4.69) is 0 Å². The third kappa shape index (κ3) is 66.6. The van der Waals surface area contributed by atoms with Gasteiger partial charge < -0.3 is 15.3 Å². The first-order valence-corrected chi connectivity index (χ1v) is 8.55. The van der Waals surface area contributed by atoms with Crippen LogP contribution in [0.15, 0.2) is 35.5 Å². The number of allylic oxidation sites excluding steroid dienone is 6. The van der Waals surface area contributed by atoms with Crippen molar-refractivity contribution < 1.29 is 57.7 Å². The molecule has 0 amide bonds. The molecule has 0 aliphatic rings. The number of ketones is 3. The van der Waals surface area contributed by atoms with E-state index in [9.17, 15) is 29.7 Å². The number of carbonyl (C=O) groups excluding carboxylic acids is 3. The third-order valence-electron chi connectivity index (χ3n) is 1.46. The van der Waals surface area contributed by atoms with Crippen LogP contribution in [-0.4, -0.2) is 23.5 Å². The maximum absolute atomic E-state index is 9.98. The van der Waals surface area contributed by atoms with E-state index in [0.717, 1.165) is 43.4 Å². The van der Waals surface area contributed by atoms with E-state index in [1.54, 1.807) is 0 Å². The van der Waals surface area contributed by atoms with Crippen LogP contribution in [-0.2, 0) is 42.4 Å². The second kappa shape index (κ2) is 21.5. The molecular formula is C18H28O7Zr. The fourth-order valence-corrected chi connectivity index (χ4v) is 0.859. The van der Waals surface area contributed by atoms with Crippen LogP contribution in [0.5, 0.6) is 0 Å². The van der Waals surface area contributed by atoms with Crippen LogP contribution in [0.25, 0.3) is 0 Å². The minimum absolute atomic E-state index is 0.187. The van der Waals surface area contributed by atoms with E-state index in [0.29, 0.717) is 6.10 Å². The van der Waals surface area contributed by atoms with Gasteiger partial charge in [-0.3, -0.25) is 14.4 Å². The Bertz CT molecular complexity index is 425. The summed E-state index contributed by atoms with van der Waals surface area (Å²) in [5.74, 6) is -1.12. The zero-order valence-electron chi connectivity index (χ0n) is 16.7. The first-order chi connectivity index (χ1) is 11.6. The zero-order chi connectivity index (χ0) is 21.9. The van der Waals surface area contributed by atoms with Crippen LogP contribution in [0.2, 0.25) is 0 Å². The summed E-state index contributed by atoms with van der Waals surface area (Å²) in [6.07, 6.45) is 3.59. The molecule has 0 saturated carbocycles. The van der Waals surface area contributed by atoms with Crippen LogP contribution >= 0.6 is 0 Å². The quantitative estimate of drug-likeness (QED) is 0.450. The molecule has 0 aliphatic heterocycles. The average Bonchev–Trinajstić information content (AvgIpc) is 2.35. The van der Waals surface area contributed by atoms with Crippen LogP contribution in [0.4, 0.5) is 0 Å². The van der Waals surface area contributed by atoms with E-state index < -0.39 is 0 Å². The molecule has 0 N–H and O–H groups in total.